The number of nitrogens with zero attached hydrogens (tertiary/aromatic N) is 6. The predicted octanol–water partition coefficient (Wildman–Crippen LogP) is 5.49. The summed E-state index contributed by atoms with van der Waals surface area (Å²) in [5.41, 5.74) is 2.49. The number of aromatic nitrogens is 4. The Kier molecular flexibility index (Phi) is 6.62. The van der Waals surface area contributed by atoms with Crippen LogP contribution in [-0.4, -0.2) is 61.8 Å². The molecular weight excluding hydrogens is 550 g/mol. The monoisotopic (exact) mass is 580 g/mol. The molecule has 2 aliphatic heterocycles. The van der Waals surface area contributed by atoms with Gasteiger partial charge < -0.3 is 24.2 Å². The molecule has 218 valence electrons. The molecule has 0 radical (unpaired) electrons. The fourth-order valence-electron chi connectivity index (χ4n) is 6.38. The van der Waals surface area contributed by atoms with Gasteiger partial charge in [-0.25, -0.2) is 9.37 Å². The van der Waals surface area contributed by atoms with Crippen molar-refractivity contribution in [1.29, 1.82) is 0 Å². The largest absolute Gasteiger partial charge is 0.508 e. The smallest absolute Gasteiger partial charge is 0.319 e. The molecule has 0 spiro atoms. The number of phenols is 1. The first-order chi connectivity index (χ1) is 20.8. The van der Waals surface area contributed by atoms with Crippen molar-refractivity contribution >= 4 is 27.5 Å². The van der Waals surface area contributed by atoms with Crippen LogP contribution in [0.25, 0.3) is 32.8 Å². The molecular formula is C33H30F2N6O2. The lowest BCUT2D eigenvalue weighted by molar-refractivity contribution is 0.188. The Morgan fingerprint density at radius 3 is 2.79 bits per heavy atom. The zero-order valence-corrected chi connectivity index (χ0v) is 23.9. The number of ether oxygens (including phenoxy) is 1. The van der Waals surface area contributed by atoms with Gasteiger partial charge in [-0.15, -0.1) is 6.42 Å². The van der Waals surface area contributed by atoms with Gasteiger partial charge in [0.1, 0.15) is 24.0 Å². The quantitative estimate of drug-likeness (QED) is 0.275. The number of halogens is 2. The van der Waals surface area contributed by atoms with Gasteiger partial charge in [-0.05, 0) is 80.2 Å². The van der Waals surface area contributed by atoms with E-state index in [1.54, 1.807) is 18.2 Å². The van der Waals surface area contributed by atoms with Gasteiger partial charge in [-0.1, -0.05) is 18.1 Å². The maximum absolute atomic E-state index is 14.8. The molecule has 7 rings (SSSR count). The number of benzene rings is 3. The molecule has 43 heavy (non-hydrogen) atoms. The van der Waals surface area contributed by atoms with Gasteiger partial charge in [0.05, 0.1) is 29.6 Å². The van der Waals surface area contributed by atoms with Crippen molar-refractivity contribution in [1.82, 2.24) is 24.4 Å². The van der Waals surface area contributed by atoms with E-state index >= 15 is 0 Å². The summed E-state index contributed by atoms with van der Waals surface area (Å²) in [7, 11) is 2.08. The number of fused-ring (bicyclic) bond motifs is 3. The standard InChI is InChI=1S/C33H30F2N6O2/c1-4-24-27(34)10-8-21-12-23(42)14-26(30(21)24)20-7-9-25-28(13-20)37-33(43-17-22-6-5-11-39(22)3)38-32(25)41-16-29-31(35)36-18-40(29)15-19(41)2/h1,7-10,12-14,18-19,22,42H,5-6,11,15-17H2,2-3H3/t19-,22+/m1/s1. The van der Waals surface area contributed by atoms with E-state index in [0.717, 1.165) is 24.8 Å². The van der Waals surface area contributed by atoms with Gasteiger partial charge in [0, 0.05) is 29.4 Å². The van der Waals surface area contributed by atoms with Crippen molar-refractivity contribution in [2.75, 3.05) is 25.1 Å². The molecule has 0 bridgehead atoms. The molecule has 1 fully saturated rings. The van der Waals surface area contributed by atoms with Crippen LogP contribution >= 0.6 is 0 Å². The normalized spacial score (nSPS) is 18.7. The first-order valence-corrected chi connectivity index (χ1v) is 14.3. The van der Waals surface area contributed by atoms with E-state index < -0.39 is 11.8 Å². The van der Waals surface area contributed by atoms with Crippen molar-refractivity contribution in [3.05, 3.63) is 71.8 Å². The number of likely N-dealkylation sites (N-methyl/N-ethyl adjacent to an activating group) is 1. The van der Waals surface area contributed by atoms with Gasteiger partial charge >= 0.3 is 6.01 Å². The third kappa shape index (κ3) is 4.70. The number of rotatable bonds is 5. The van der Waals surface area contributed by atoms with Crippen LogP contribution in [0.3, 0.4) is 0 Å². The summed E-state index contributed by atoms with van der Waals surface area (Å²) in [5, 5.41) is 12.5. The van der Waals surface area contributed by atoms with Crippen molar-refractivity contribution < 1.29 is 18.6 Å². The Bertz CT molecular complexity index is 1930. The molecule has 2 aromatic heterocycles. The second kappa shape index (κ2) is 10.5. The second-order valence-corrected chi connectivity index (χ2v) is 11.4. The molecule has 0 aliphatic carbocycles. The lowest BCUT2D eigenvalue weighted by Gasteiger charge is -2.35. The molecule has 0 unspecified atom stereocenters. The lowest BCUT2D eigenvalue weighted by Crippen LogP contribution is -2.41. The highest BCUT2D eigenvalue weighted by atomic mass is 19.1. The maximum Gasteiger partial charge on any atom is 0.319 e. The molecule has 1 saturated heterocycles. The number of aromatic hydroxyl groups is 1. The van der Waals surface area contributed by atoms with Crippen LogP contribution in [0.4, 0.5) is 14.6 Å². The average molecular weight is 581 g/mol. The summed E-state index contributed by atoms with van der Waals surface area (Å²) < 4.78 is 37.4. The van der Waals surface area contributed by atoms with E-state index in [1.165, 1.54) is 12.4 Å². The molecule has 10 heteroatoms. The van der Waals surface area contributed by atoms with E-state index in [9.17, 15) is 13.9 Å². The minimum Gasteiger partial charge on any atom is -0.508 e. The van der Waals surface area contributed by atoms with E-state index in [-0.39, 0.29) is 36.0 Å². The van der Waals surface area contributed by atoms with Gasteiger partial charge in [0.25, 0.3) is 0 Å². The third-order valence-corrected chi connectivity index (χ3v) is 8.72. The summed E-state index contributed by atoms with van der Waals surface area (Å²) in [5.74, 6) is 2.13. The predicted molar refractivity (Wildman–Crippen MR) is 161 cm³/mol. The highest BCUT2D eigenvalue weighted by molar-refractivity contribution is 6.03. The number of terminal acetylenes is 1. The van der Waals surface area contributed by atoms with Crippen molar-refractivity contribution in [3.8, 4) is 35.2 Å². The SMILES string of the molecule is C#Cc1c(F)ccc2cc(O)cc(-c3ccc4c(N5Cc6c(F)ncn6C[C@H]5C)nc(OC[C@@H]5CCCN5C)nc4c3)c12. The minimum absolute atomic E-state index is 0.0103. The number of hydrogen-bond acceptors (Lipinski definition) is 7. The minimum atomic E-state index is -0.509. The lowest BCUT2D eigenvalue weighted by atomic mass is 9.93. The first kappa shape index (κ1) is 27.1. The van der Waals surface area contributed by atoms with E-state index in [2.05, 4.69) is 29.8 Å². The summed E-state index contributed by atoms with van der Waals surface area (Å²) in [6.07, 6.45) is 9.40. The van der Waals surface area contributed by atoms with E-state index in [4.69, 9.17) is 21.1 Å². The number of anilines is 1. The maximum atomic E-state index is 14.8. The van der Waals surface area contributed by atoms with Crippen LogP contribution in [0.2, 0.25) is 0 Å². The van der Waals surface area contributed by atoms with Gasteiger partial charge in [-0.2, -0.15) is 14.4 Å². The number of likely N-dealkylation sites (tertiary alicyclic amines) is 1. The van der Waals surface area contributed by atoms with Crippen LogP contribution in [0.1, 0.15) is 31.0 Å². The van der Waals surface area contributed by atoms with E-state index in [1.807, 2.05) is 27.7 Å². The Hall–Kier alpha value is -4.75. The van der Waals surface area contributed by atoms with Crippen LogP contribution in [-0.2, 0) is 13.1 Å². The van der Waals surface area contributed by atoms with Gasteiger partial charge in [0.15, 0.2) is 0 Å². The van der Waals surface area contributed by atoms with Crippen LogP contribution < -0.4 is 9.64 Å². The average Bonchev–Trinajstić information content (AvgIpc) is 3.58. The van der Waals surface area contributed by atoms with Crippen molar-refractivity contribution in [2.24, 2.45) is 0 Å². The zero-order valence-electron chi connectivity index (χ0n) is 23.9. The molecule has 5 aromatic rings. The number of phenolic OH excluding ortho intramolecular Hbond substituents is 1. The molecule has 2 atom stereocenters. The Labute approximate surface area is 247 Å². The van der Waals surface area contributed by atoms with Gasteiger partial charge in [-0.3, -0.25) is 0 Å². The topological polar surface area (TPSA) is 79.5 Å². The molecule has 3 aromatic carbocycles. The van der Waals surface area contributed by atoms with Crippen molar-refractivity contribution in [2.45, 2.75) is 44.9 Å². The molecule has 0 amide bonds. The third-order valence-electron chi connectivity index (χ3n) is 8.72. The molecule has 4 heterocycles. The van der Waals surface area contributed by atoms with E-state index in [0.29, 0.717) is 52.1 Å². The summed E-state index contributed by atoms with van der Waals surface area (Å²) in [6.45, 7) is 4.36. The fourth-order valence-corrected chi connectivity index (χ4v) is 6.38. The molecule has 1 N–H and O–H groups in total. The van der Waals surface area contributed by atoms with Gasteiger partial charge in [0.2, 0.25) is 5.95 Å². The van der Waals surface area contributed by atoms with Crippen molar-refractivity contribution in [3.63, 3.8) is 0 Å². The summed E-state index contributed by atoms with van der Waals surface area (Å²) in [4.78, 5) is 17.8. The molecule has 0 saturated carbocycles. The second-order valence-electron chi connectivity index (χ2n) is 11.4. The number of imidazole rings is 1. The Morgan fingerprint density at radius 1 is 1.14 bits per heavy atom. The zero-order chi connectivity index (χ0) is 29.8. The molecule has 8 nitrogen and oxygen atoms in total. The molecule has 2 aliphatic rings. The first-order valence-electron chi connectivity index (χ1n) is 14.3. The fraction of sp³-hybridized carbons (Fsp3) is 0.303. The Morgan fingerprint density at radius 2 is 2.00 bits per heavy atom. The summed E-state index contributed by atoms with van der Waals surface area (Å²) >= 11 is 0. The highest BCUT2D eigenvalue weighted by Gasteiger charge is 2.29. The van der Waals surface area contributed by atoms with Crippen LogP contribution in [0.15, 0.2) is 48.8 Å². The van der Waals surface area contributed by atoms with Crippen LogP contribution in [0, 0.1) is 24.1 Å². The highest BCUT2D eigenvalue weighted by Crippen LogP contribution is 2.39. The van der Waals surface area contributed by atoms with Crippen LogP contribution in [0.5, 0.6) is 11.8 Å². The summed E-state index contributed by atoms with van der Waals surface area (Å²) in [6, 6.07) is 12.2. The number of hydrogen-bond donors (Lipinski definition) is 1. The Balaban J connectivity index is 1.38.